The standard InChI is InChI=1S/C20H18N4O3/c25-15(12-23-13-18(21-22-23)14-6-2-1-3-7-14)10-11-24-19(26)16-8-4-5-9-17(16)20(24)27/h1-9,13,15,25H,10-12H2. The molecular formula is C20H18N4O3. The molecule has 0 saturated heterocycles. The van der Waals surface area contributed by atoms with Crippen molar-refractivity contribution in [1.29, 1.82) is 0 Å². The molecule has 0 fully saturated rings. The van der Waals surface area contributed by atoms with Crippen molar-refractivity contribution >= 4 is 11.8 Å². The number of nitrogens with zero attached hydrogens (tertiary/aromatic N) is 4. The summed E-state index contributed by atoms with van der Waals surface area (Å²) in [5.74, 6) is -0.621. The van der Waals surface area contributed by atoms with Crippen molar-refractivity contribution in [2.45, 2.75) is 19.1 Å². The number of carbonyl (C=O) groups excluding carboxylic acids is 2. The van der Waals surface area contributed by atoms with Crippen LogP contribution in [0.3, 0.4) is 0 Å². The molecule has 0 aliphatic carbocycles. The summed E-state index contributed by atoms with van der Waals surface area (Å²) >= 11 is 0. The number of carbonyl (C=O) groups is 2. The molecule has 1 unspecified atom stereocenters. The van der Waals surface area contributed by atoms with Crippen LogP contribution < -0.4 is 0 Å². The van der Waals surface area contributed by atoms with E-state index >= 15 is 0 Å². The van der Waals surface area contributed by atoms with Crippen molar-refractivity contribution in [1.82, 2.24) is 19.9 Å². The Kier molecular flexibility index (Phi) is 4.52. The summed E-state index contributed by atoms with van der Waals surface area (Å²) in [7, 11) is 0. The topological polar surface area (TPSA) is 88.3 Å². The molecule has 0 spiro atoms. The highest BCUT2D eigenvalue weighted by molar-refractivity contribution is 6.21. The van der Waals surface area contributed by atoms with E-state index < -0.39 is 6.10 Å². The Morgan fingerprint density at radius 1 is 0.926 bits per heavy atom. The number of aromatic nitrogens is 3. The van der Waals surface area contributed by atoms with Gasteiger partial charge in [0.2, 0.25) is 0 Å². The normalized spacial score (nSPS) is 14.5. The third-order valence-electron chi connectivity index (χ3n) is 4.57. The quantitative estimate of drug-likeness (QED) is 0.678. The molecule has 2 heterocycles. The fraction of sp³-hybridized carbons (Fsp3) is 0.200. The summed E-state index contributed by atoms with van der Waals surface area (Å²) in [6.45, 7) is 0.400. The van der Waals surface area contributed by atoms with Crippen LogP contribution in [0.4, 0.5) is 0 Å². The maximum Gasteiger partial charge on any atom is 0.261 e. The number of aliphatic hydroxyl groups is 1. The molecule has 1 aliphatic rings. The molecule has 1 N–H and O–H groups in total. The van der Waals surface area contributed by atoms with Gasteiger partial charge in [-0.3, -0.25) is 14.5 Å². The fourth-order valence-electron chi connectivity index (χ4n) is 3.16. The molecule has 7 heteroatoms. The number of imide groups is 1. The van der Waals surface area contributed by atoms with Gasteiger partial charge in [0.15, 0.2) is 0 Å². The molecular weight excluding hydrogens is 344 g/mol. The third kappa shape index (κ3) is 3.37. The molecule has 2 amide bonds. The van der Waals surface area contributed by atoms with Gasteiger partial charge in [-0.15, -0.1) is 5.10 Å². The Labute approximate surface area is 155 Å². The molecule has 1 atom stereocenters. The molecule has 0 saturated carbocycles. The number of amides is 2. The lowest BCUT2D eigenvalue weighted by molar-refractivity contribution is 0.0612. The average molecular weight is 362 g/mol. The molecule has 4 rings (SSSR count). The van der Waals surface area contributed by atoms with E-state index in [0.717, 1.165) is 11.3 Å². The Morgan fingerprint density at radius 2 is 1.56 bits per heavy atom. The Bertz CT molecular complexity index is 949. The van der Waals surface area contributed by atoms with Gasteiger partial charge in [-0.1, -0.05) is 47.7 Å². The maximum absolute atomic E-state index is 12.3. The molecule has 2 aromatic carbocycles. The van der Waals surface area contributed by atoms with Gasteiger partial charge in [0.25, 0.3) is 11.8 Å². The Hall–Kier alpha value is -3.32. The van der Waals surface area contributed by atoms with Crippen molar-refractivity contribution in [3.8, 4) is 11.3 Å². The number of aliphatic hydroxyl groups excluding tert-OH is 1. The van der Waals surface area contributed by atoms with Crippen LogP contribution in [0, 0.1) is 0 Å². The SMILES string of the molecule is O=C1c2ccccc2C(=O)N1CCC(O)Cn1cc(-c2ccccc2)nn1. The van der Waals surface area contributed by atoms with Crippen LogP contribution in [0.5, 0.6) is 0 Å². The highest BCUT2D eigenvalue weighted by Crippen LogP contribution is 2.22. The van der Waals surface area contributed by atoms with E-state index in [0.29, 0.717) is 11.1 Å². The van der Waals surface area contributed by atoms with E-state index in [1.807, 2.05) is 30.3 Å². The van der Waals surface area contributed by atoms with Crippen LogP contribution in [0.2, 0.25) is 0 Å². The smallest absolute Gasteiger partial charge is 0.261 e. The second-order valence-electron chi connectivity index (χ2n) is 6.44. The zero-order chi connectivity index (χ0) is 18.8. The van der Waals surface area contributed by atoms with Gasteiger partial charge in [-0.25, -0.2) is 4.68 Å². The van der Waals surface area contributed by atoms with Crippen LogP contribution in [0.15, 0.2) is 60.8 Å². The van der Waals surface area contributed by atoms with Gasteiger partial charge < -0.3 is 5.11 Å². The average Bonchev–Trinajstić information content (AvgIpc) is 3.25. The van der Waals surface area contributed by atoms with Crippen LogP contribution in [-0.4, -0.2) is 49.5 Å². The van der Waals surface area contributed by atoms with E-state index in [-0.39, 0.29) is 31.3 Å². The monoisotopic (exact) mass is 362 g/mol. The molecule has 1 aromatic heterocycles. The summed E-state index contributed by atoms with van der Waals surface area (Å²) in [5, 5.41) is 18.4. The lowest BCUT2D eigenvalue weighted by Gasteiger charge is -2.16. The summed E-state index contributed by atoms with van der Waals surface area (Å²) < 4.78 is 1.56. The minimum Gasteiger partial charge on any atom is -0.391 e. The molecule has 0 radical (unpaired) electrons. The van der Waals surface area contributed by atoms with E-state index in [2.05, 4.69) is 10.3 Å². The van der Waals surface area contributed by atoms with Crippen molar-refractivity contribution in [2.75, 3.05) is 6.54 Å². The number of hydrogen-bond donors (Lipinski definition) is 1. The maximum atomic E-state index is 12.3. The number of benzene rings is 2. The summed E-state index contributed by atoms with van der Waals surface area (Å²) in [5.41, 5.74) is 2.51. The van der Waals surface area contributed by atoms with Gasteiger partial charge in [0.05, 0.1) is 30.0 Å². The molecule has 27 heavy (non-hydrogen) atoms. The highest BCUT2D eigenvalue weighted by atomic mass is 16.3. The first kappa shape index (κ1) is 17.1. The summed E-state index contributed by atoms with van der Waals surface area (Å²) in [4.78, 5) is 25.9. The predicted octanol–water partition coefficient (Wildman–Crippen LogP) is 1.99. The lowest BCUT2D eigenvalue weighted by Crippen LogP contribution is -2.33. The second kappa shape index (κ2) is 7.13. The molecule has 136 valence electrons. The predicted molar refractivity (Wildman–Crippen MR) is 97.9 cm³/mol. The highest BCUT2D eigenvalue weighted by Gasteiger charge is 2.34. The van der Waals surface area contributed by atoms with Crippen molar-refractivity contribution in [3.63, 3.8) is 0 Å². The van der Waals surface area contributed by atoms with Gasteiger partial charge >= 0.3 is 0 Å². The zero-order valence-electron chi connectivity index (χ0n) is 14.5. The minimum atomic E-state index is -0.750. The number of fused-ring (bicyclic) bond motifs is 1. The van der Waals surface area contributed by atoms with Gasteiger partial charge in [0, 0.05) is 12.1 Å². The molecule has 7 nitrogen and oxygen atoms in total. The largest absolute Gasteiger partial charge is 0.391 e. The molecule has 1 aliphatic heterocycles. The van der Waals surface area contributed by atoms with Crippen molar-refractivity contribution < 1.29 is 14.7 Å². The fourth-order valence-corrected chi connectivity index (χ4v) is 3.16. The number of hydrogen-bond acceptors (Lipinski definition) is 5. The second-order valence-corrected chi connectivity index (χ2v) is 6.44. The van der Waals surface area contributed by atoms with E-state index in [4.69, 9.17) is 0 Å². The zero-order valence-corrected chi connectivity index (χ0v) is 14.5. The van der Waals surface area contributed by atoms with Crippen LogP contribution in [0.25, 0.3) is 11.3 Å². The first-order valence-corrected chi connectivity index (χ1v) is 8.72. The molecule has 3 aromatic rings. The van der Waals surface area contributed by atoms with Crippen molar-refractivity contribution in [2.24, 2.45) is 0 Å². The lowest BCUT2D eigenvalue weighted by atomic mass is 10.1. The van der Waals surface area contributed by atoms with E-state index in [1.54, 1.807) is 35.1 Å². The first-order chi connectivity index (χ1) is 13.1. The van der Waals surface area contributed by atoms with Gasteiger partial charge in [-0.2, -0.15) is 0 Å². The van der Waals surface area contributed by atoms with Crippen molar-refractivity contribution in [3.05, 3.63) is 71.9 Å². The summed E-state index contributed by atoms with van der Waals surface area (Å²) in [6.07, 6.45) is 1.28. The van der Waals surface area contributed by atoms with E-state index in [9.17, 15) is 14.7 Å². The van der Waals surface area contributed by atoms with Gasteiger partial charge in [0.1, 0.15) is 5.69 Å². The van der Waals surface area contributed by atoms with Gasteiger partial charge in [-0.05, 0) is 18.6 Å². The number of rotatable bonds is 6. The van der Waals surface area contributed by atoms with E-state index in [1.165, 1.54) is 4.90 Å². The minimum absolute atomic E-state index is 0.160. The Balaban J connectivity index is 1.36. The van der Waals surface area contributed by atoms with Crippen LogP contribution in [-0.2, 0) is 6.54 Å². The summed E-state index contributed by atoms with van der Waals surface area (Å²) in [6, 6.07) is 16.4. The van der Waals surface area contributed by atoms with Crippen LogP contribution in [0.1, 0.15) is 27.1 Å². The third-order valence-corrected chi connectivity index (χ3v) is 4.57. The van der Waals surface area contributed by atoms with Crippen LogP contribution >= 0.6 is 0 Å². The Morgan fingerprint density at radius 3 is 2.22 bits per heavy atom. The molecule has 0 bridgehead atoms. The first-order valence-electron chi connectivity index (χ1n) is 8.72.